The molecule has 2 N–H and O–H groups in total. The van der Waals surface area contributed by atoms with Crippen LogP contribution in [0.1, 0.15) is 30.4 Å². The second kappa shape index (κ2) is 4.10. The van der Waals surface area contributed by atoms with Crippen molar-refractivity contribution in [2.45, 2.75) is 31.6 Å². The van der Waals surface area contributed by atoms with Gasteiger partial charge in [-0.05, 0) is 37.0 Å². The highest BCUT2D eigenvalue weighted by Crippen LogP contribution is 2.43. The Kier molecular flexibility index (Phi) is 2.94. The third-order valence-corrected chi connectivity index (χ3v) is 4.00. The van der Waals surface area contributed by atoms with Gasteiger partial charge in [0, 0.05) is 31.7 Å². The lowest BCUT2D eigenvalue weighted by Crippen LogP contribution is -2.41. The molecule has 1 saturated carbocycles. The smallest absolute Gasteiger partial charge is 0.0393 e. The molecule has 88 valence electrons. The van der Waals surface area contributed by atoms with E-state index in [0.717, 1.165) is 6.54 Å². The van der Waals surface area contributed by atoms with Gasteiger partial charge in [0.15, 0.2) is 0 Å². The summed E-state index contributed by atoms with van der Waals surface area (Å²) in [5.74, 6) is 0. The molecular formula is C14H22N2. The Morgan fingerprint density at radius 1 is 1.31 bits per heavy atom. The van der Waals surface area contributed by atoms with Crippen LogP contribution < -0.4 is 10.6 Å². The highest BCUT2D eigenvalue weighted by atomic mass is 15.1. The van der Waals surface area contributed by atoms with E-state index in [9.17, 15) is 0 Å². The van der Waals surface area contributed by atoms with E-state index in [2.05, 4.69) is 44.1 Å². The lowest BCUT2D eigenvalue weighted by atomic mass is 9.64. The summed E-state index contributed by atoms with van der Waals surface area (Å²) in [5, 5.41) is 0. The van der Waals surface area contributed by atoms with Crippen LogP contribution in [-0.2, 0) is 5.41 Å². The van der Waals surface area contributed by atoms with Gasteiger partial charge < -0.3 is 10.6 Å². The van der Waals surface area contributed by atoms with Crippen LogP contribution in [0.5, 0.6) is 0 Å². The standard InChI is InChI=1S/C14H22N2/c1-11-5-6-12(9-13(11)16(2)3)14(10-15)7-4-8-14/h5-6,9H,4,7-8,10,15H2,1-3H3. The largest absolute Gasteiger partial charge is 0.377 e. The third-order valence-electron chi connectivity index (χ3n) is 4.00. The van der Waals surface area contributed by atoms with E-state index < -0.39 is 0 Å². The summed E-state index contributed by atoms with van der Waals surface area (Å²) < 4.78 is 0. The first-order valence-corrected chi connectivity index (χ1v) is 6.07. The molecule has 0 unspecified atom stereocenters. The van der Waals surface area contributed by atoms with Crippen LogP contribution in [0.15, 0.2) is 18.2 Å². The molecule has 0 amide bonds. The Hall–Kier alpha value is -1.02. The molecule has 2 rings (SSSR count). The maximum atomic E-state index is 5.95. The predicted octanol–water partition coefficient (Wildman–Crippen LogP) is 2.44. The third kappa shape index (κ3) is 1.71. The molecule has 0 aromatic heterocycles. The number of hydrogen-bond donors (Lipinski definition) is 1. The van der Waals surface area contributed by atoms with Crippen molar-refractivity contribution >= 4 is 5.69 Å². The minimum Gasteiger partial charge on any atom is -0.377 e. The molecule has 0 bridgehead atoms. The van der Waals surface area contributed by atoms with Gasteiger partial charge in [0.2, 0.25) is 0 Å². The van der Waals surface area contributed by atoms with E-state index in [4.69, 9.17) is 5.73 Å². The van der Waals surface area contributed by atoms with E-state index in [1.165, 1.54) is 36.1 Å². The first kappa shape index (κ1) is 11.5. The van der Waals surface area contributed by atoms with Crippen molar-refractivity contribution in [2.24, 2.45) is 5.73 Å². The van der Waals surface area contributed by atoms with Crippen LogP contribution in [0, 0.1) is 6.92 Å². The maximum Gasteiger partial charge on any atom is 0.0393 e. The van der Waals surface area contributed by atoms with E-state index in [1.807, 2.05) is 0 Å². The van der Waals surface area contributed by atoms with Crippen molar-refractivity contribution < 1.29 is 0 Å². The summed E-state index contributed by atoms with van der Waals surface area (Å²) in [4.78, 5) is 2.18. The van der Waals surface area contributed by atoms with Crippen LogP contribution in [0.3, 0.4) is 0 Å². The second-order valence-electron chi connectivity index (χ2n) is 5.23. The van der Waals surface area contributed by atoms with Gasteiger partial charge in [-0.15, -0.1) is 0 Å². The van der Waals surface area contributed by atoms with Gasteiger partial charge in [0.05, 0.1) is 0 Å². The van der Waals surface area contributed by atoms with E-state index >= 15 is 0 Å². The van der Waals surface area contributed by atoms with Gasteiger partial charge in [-0.1, -0.05) is 18.6 Å². The van der Waals surface area contributed by atoms with Crippen LogP contribution in [0.25, 0.3) is 0 Å². The zero-order chi connectivity index (χ0) is 11.8. The molecular weight excluding hydrogens is 196 g/mol. The van der Waals surface area contributed by atoms with E-state index in [1.54, 1.807) is 0 Å². The molecule has 1 aliphatic rings. The highest BCUT2D eigenvalue weighted by molar-refractivity contribution is 5.55. The molecule has 0 saturated heterocycles. The molecule has 2 nitrogen and oxygen atoms in total. The van der Waals surface area contributed by atoms with Crippen molar-refractivity contribution in [3.63, 3.8) is 0 Å². The monoisotopic (exact) mass is 218 g/mol. The van der Waals surface area contributed by atoms with Crippen LogP contribution in [-0.4, -0.2) is 20.6 Å². The summed E-state index contributed by atoms with van der Waals surface area (Å²) in [7, 11) is 4.20. The number of anilines is 1. The summed E-state index contributed by atoms with van der Waals surface area (Å²) in [6.07, 6.45) is 3.82. The molecule has 0 spiro atoms. The zero-order valence-electron chi connectivity index (χ0n) is 10.6. The number of nitrogens with two attached hydrogens (primary N) is 1. The van der Waals surface area contributed by atoms with Crippen LogP contribution >= 0.6 is 0 Å². The van der Waals surface area contributed by atoms with Crippen molar-refractivity contribution in [3.8, 4) is 0 Å². The maximum absolute atomic E-state index is 5.95. The summed E-state index contributed by atoms with van der Waals surface area (Å²) in [5.41, 5.74) is 10.3. The molecule has 2 heteroatoms. The first-order valence-electron chi connectivity index (χ1n) is 6.07. The lowest BCUT2D eigenvalue weighted by molar-refractivity contribution is 0.253. The minimum absolute atomic E-state index is 0.276. The second-order valence-corrected chi connectivity index (χ2v) is 5.23. The van der Waals surface area contributed by atoms with Gasteiger partial charge in [0.1, 0.15) is 0 Å². The highest BCUT2D eigenvalue weighted by Gasteiger charge is 2.37. The Balaban J connectivity index is 2.39. The van der Waals surface area contributed by atoms with Crippen LogP contribution in [0.4, 0.5) is 5.69 Å². The average Bonchev–Trinajstić information content (AvgIpc) is 2.19. The lowest BCUT2D eigenvalue weighted by Gasteiger charge is -2.42. The minimum atomic E-state index is 0.276. The topological polar surface area (TPSA) is 29.3 Å². The van der Waals surface area contributed by atoms with E-state index in [-0.39, 0.29) is 5.41 Å². The van der Waals surface area contributed by atoms with Gasteiger partial charge in [-0.2, -0.15) is 0 Å². The van der Waals surface area contributed by atoms with Crippen molar-refractivity contribution in [3.05, 3.63) is 29.3 Å². The molecule has 16 heavy (non-hydrogen) atoms. The fourth-order valence-corrected chi connectivity index (χ4v) is 2.64. The SMILES string of the molecule is Cc1ccc(C2(CN)CCC2)cc1N(C)C. The number of rotatable bonds is 3. The molecule has 1 aliphatic carbocycles. The molecule has 1 fully saturated rings. The van der Waals surface area contributed by atoms with Crippen molar-refractivity contribution in [1.29, 1.82) is 0 Å². The zero-order valence-corrected chi connectivity index (χ0v) is 10.6. The fraction of sp³-hybridized carbons (Fsp3) is 0.571. The molecule has 0 heterocycles. The molecule has 1 aromatic rings. The molecule has 0 aliphatic heterocycles. The van der Waals surface area contributed by atoms with Crippen LogP contribution in [0.2, 0.25) is 0 Å². The average molecular weight is 218 g/mol. The first-order chi connectivity index (χ1) is 7.59. The summed E-state index contributed by atoms with van der Waals surface area (Å²) >= 11 is 0. The Morgan fingerprint density at radius 3 is 2.44 bits per heavy atom. The fourth-order valence-electron chi connectivity index (χ4n) is 2.64. The molecule has 0 atom stereocenters. The number of aryl methyl sites for hydroxylation is 1. The van der Waals surface area contributed by atoms with Gasteiger partial charge in [-0.25, -0.2) is 0 Å². The van der Waals surface area contributed by atoms with Gasteiger partial charge in [0.25, 0.3) is 0 Å². The van der Waals surface area contributed by atoms with Gasteiger partial charge in [-0.3, -0.25) is 0 Å². The molecule has 1 aromatic carbocycles. The summed E-state index contributed by atoms with van der Waals surface area (Å²) in [6.45, 7) is 2.94. The number of benzene rings is 1. The van der Waals surface area contributed by atoms with Crippen molar-refractivity contribution in [2.75, 3.05) is 25.5 Å². The number of nitrogens with zero attached hydrogens (tertiary/aromatic N) is 1. The van der Waals surface area contributed by atoms with E-state index in [0.29, 0.717) is 0 Å². The number of hydrogen-bond acceptors (Lipinski definition) is 2. The quantitative estimate of drug-likeness (QED) is 0.844. The predicted molar refractivity (Wildman–Crippen MR) is 70.1 cm³/mol. The Morgan fingerprint density at radius 2 is 2.00 bits per heavy atom. The Labute approximate surface area is 98.4 Å². The van der Waals surface area contributed by atoms with Crippen molar-refractivity contribution in [1.82, 2.24) is 0 Å². The summed E-state index contributed by atoms with van der Waals surface area (Å²) in [6, 6.07) is 6.80. The normalized spacial score (nSPS) is 18.0. The Bertz CT molecular complexity index is 373. The molecule has 0 radical (unpaired) electrons. The van der Waals surface area contributed by atoms with Gasteiger partial charge >= 0.3 is 0 Å².